The Labute approximate surface area is 269 Å². The van der Waals surface area contributed by atoms with E-state index in [0.717, 1.165) is 71.9 Å². The SMILES string of the molecule is N#Cc1ccc(-c2cccc(-n3c4ccccc4c4cc5oc6ccccc6c5cc43)c2)cc1-n1c2ccccc2c2ccccc21. The van der Waals surface area contributed by atoms with Gasteiger partial charge in [-0.15, -0.1) is 0 Å². The van der Waals surface area contributed by atoms with Gasteiger partial charge in [0.15, 0.2) is 0 Å². The largest absolute Gasteiger partial charge is 0.456 e. The van der Waals surface area contributed by atoms with Crippen molar-refractivity contribution in [2.24, 2.45) is 0 Å². The van der Waals surface area contributed by atoms with Crippen LogP contribution >= 0.6 is 0 Å². The highest BCUT2D eigenvalue weighted by atomic mass is 16.3. The van der Waals surface area contributed by atoms with E-state index in [1.165, 1.54) is 16.2 Å². The molecule has 3 heterocycles. The minimum Gasteiger partial charge on any atom is -0.456 e. The zero-order valence-corrected chi connectivity index (χ0v) is 25.2. The van der Waals surface area contributed by atoms with Gasteiger partial charge in [-0.2, -0.15) is 5.26 Å². The normalized spacial score (nSPS) is 11.8. The van der Waals surface area contributed by atoms with Gasteiger partial charge >= 0.3 is 0 Å². The van der Waals surface area contributed by atoms with Crippen LogP contribution in [0.3, 0.4) is 0 Å². The van der Waals surface area contributed by atoms with E-state index in [1.54, 1.807) is 0 Å². The van der Waals surface area contributed by atoms with E-state index in [4.69, 9.17) is 4.42 Å². The van der Waals surface area contributed by atoms with Crippen LogP contribution in [0.15, 0.2) is 156 Å². The van der Waals surface area contributed by atoms with E-state index in [-0.39, 0.29) is 0 Å². The molecule has 3 aromatic heterocycles. The second kappa shape index (κ2) is 9.71. The molecule has 0 saturated carbocycles. The molecule has 7 aromatic carbocycles. The third-order valence-electron chi connectivity index (χ3n) is 9.55. The molecular weight excluding hydrogens is 574 g/mol. The molecule has 0 amide bonds. The molecule has 0 radical (unpaired) electrons. The van der Waals surface area contributed by atoms with Gasteiger partial charge in [0.2, 0.25) is 0 Å². The second-order valence-corrected chi connectivity index (χ2v) is 12.1. The van der Waals surface area contributed by atoms with Gasteiger partial charge in [-0.1, -0.05) is 91.0 Å². The zero-order valence-electron chi connectivity index (χ0n) is 25.2. The third kappa shape index (κ3) is 3.69. The van der Waals surface area contributed by atoms with Crippen LogP contribution in [0.1, 0.15) is 5.56 Å². The molecule has 0 spiro atoms. The van der Waals surface area contributed by atoms with Gasteiger partial charge in [0, 0.05) is 38.0 Å². The van der Waals surface area contributed by atoms with Crippen LogP contribution < -0.4 is 0 Å². The molecule has 4 heteroatoms. The molecule has 218 valence electrons. The topological polar surface area (TPSA) is 46.8 Å². The monoisotopic (exact) mass is 599 g/mol. The van der Waals surface area contributed by atoms with Crippen LogP contribution in [0, 0.1) is 11.3 Å². The maximum Gasteiger partial charge on any atom is 0.136 e. The van der Waals surface area contributed by atoms with Gasteiger partial charge in [-0.05, 0) is 71.8 Å². The van der Waals surface area contributed by atoms with Crippen LogP contribution in [-0.2, 0) is 0 Å². The van der Waals surface area contributed by atoms with E-state index in [1.807, 2.05) is 18.2 Å². The van der Waals surface area contributed by atoms with Crippen LogP contribution in [0.25, 0.3) is 88.1 Å². The highest BCUT2D eigenvalue weighted by Gasteiger charge is 2.18. The van der Waals surface area contributed by atoms with Crippen molar-refractivity contribution in [1.82, 2.24) is 9.13 Å². The lowest BCUT2D eigenvalue weighted by Crippen LogP contribution is -1.98. The number of nitriles is 1. The van der Waals surface area contributed by atoms with Crippen molar-refractivity contribution in [3.63, 3.8) is 0 Å². The third-order valence-corrected chi connectivity index (χ3v) is 9.55. The smallest absolute Gasteiger partial charge is 0.136 e. The summed E-state index contributed by atoms with van der Waals surface area (Å²) in [5.74, 6) is 0. The van der Waals surface area contributed by atoms with Crippen molar-refractivity contribution in [2.45, 2.75) is 0 Å². The molecule has 10 aromatic rings. The highest BCUT2D eigenvalue weighted by Crippen LogP contribution is 2.39. The summed E-state index contributed by atoms with van der Waals surface area (Å²) < 4.78 is 10.9. The second-order valence-electron chi connectivity index (χ2n) is 12.1. The van der Waals surface area contributed by atoms with Gasteiger partial charge in [-0.25, -0.2) is 0 Å². The number of hydrogen-bond acceptors (Lipinski definition) is 2. The van der Waals surface area contributed by atoms with Crippen molar-refractivity contribution in [3.8, 4) is 28.6 Å². The summed E-state index contributed by atoms with van der Waals surface area (Å²) in [7, 11) is 0. The molecule has 0 fully saturated rings. The highest BCUT2D eigenvalue weighted by molar-refractivity contribution is 6.17. The maximum absolute atomic E-state index is 10.2. The van der Waals surface area contributed by atoms with Gasteiger partial charge in [0.25, 0.3) is 0 Å². The molecule has 0 unspecified atom stereocenters. The van der Waals surface area contributed by atoms with Crippen molar-refractivity contribution < 1.29 is 4.42 Å². The van der Waals surface area contributed by atoms with Crippen molar-refractivity contribution in [1.29, 1.82) is 5.26 Å². The van der Waals surface area contributed by atoms with E-state index in [2.05, 4.69) is 149 Å². The first-order valence-electron chi connectivity index (χ1n) is 15.7. The lowest BCUT2D eigenvalue weighted by atomic mass is 10.0. The fourth-order valence-electron chi connectivity index (χ4n) is 7.46. The molecule has 10 rings (SSSR count). The van der Waals surface area contributed by atoms with Crippen LogP contribution in [-0.4, -0.2) is 9.13 Å². The Morgan fingerprint density at radius 2 is 1.04 bits per heavy atom. The summed E-state index contributed by atoms with van der Waals surface area (Å²) >= 11 is 0. The van der Waals surface area contributed by atoms with E-state index in [9.17, 15) is 5.26 Å². The van der Waals surface area contributed by atoms with Crippen molar-refractivity contribution >= 4 is 65.6 Å². The van der Waals surface area contributed by atoms with Crippen LogP contribution in [0.4, 0.5) is 0 Å². The molecule has 0 aliphatic carbocycles. The van der Waals surface area contributed by atoms with E-state index < -0.39 is 0 Å². The quantitative estimate of drug-likeness (QED) is 0.203. The lowest BCUT2D eigenvalue weighted by Gasteiger charge is -2.14. The predicted molar refractivity (Wildman–Crippen MR) is 193 cm³/mol. The Kier molecular flexibility index (Phi) is 5.32. The Hall–Kier alpha value is -6.57. The van der Waals surface area contributed by atoms with E-state index in [0.29, 0.717) is 5.56 Å². The molecule has 0 aliphatic heterocycles. The molecule has 0 saturated heterocycles. The summed E-state index contributed by atoms with van der Waals surface area (Å²) in [5, 5.41) is 17.2. The molecule has 47 heavy (non-hydrogen) atoms. The van der Waals surface area contributed by atoms with Gasteiger partial charge in [0.05, 0.1) is 33.3 Å². The number of hydrogen-bond donors (Lipinski definition) is 0. The zero-order chi connectivity index (χ0) is 31.1. The summed E-state index contributed by atoms with van der Waals surface area (Å²) in [4.78, 5) is 0. The molecule has 0 aliphatic rings. The average Bonchev–Trinajstić information content (AvgIpc) is 3.78. The molecular formula is C43H25N3O. The summed E-state index contributed by atoms with van der Waals surface area (Å²) in [5.41, 5.74) is 10.9. The van der Waals surface area contributed by atoms with Crippen LogP contribution in [0.2, 0.25) is 0 Å². The molecule has 0 bridgehead atoms. The number of rotatable bonds is 3. The Morgan fingerprint density at radius 3 is 1.77 bits per heavy atom. The molecule has 0 N–H and O–H groups in total. The number of nitrogens with zero attached hydrogens (tertiary/aromatic N) is 3. The molecule has 0 atom stereocenters. The summed E-state index contributed by atoms with van der Waals surface area (Å²) in [6.07, 6.45) is 0. The van der Waals surface area contributed by atoms with E-state index >= 15 is 0 Å². The number of para-hydroxylation sites is 4. The fourth-order valence-corrected chi connectivity index (χ4v) is 7.46. The minimum absolute atomic E-state index is 0.634. The minimum atomic E-state index is 0.634. The first kappa shape index (κ1) is 25.7. The van der Waals surface area contributed by atoms with Gasteiger partial charge < -0.3 is 13.6 Å². The van der Waals surface area contributed by atoms with Crippen molar-refractivity contribution in [3.05, 3.63) is 157 Å². The number of benzene rings is 7. The predicted octanol–water partition coefficient (Wildman–Crippen LogP) is 11.3. The Bertz CT molecular complexity index is 2880. The summed E-state index contributed by atoms with van der Waals surface area (Å²) in [6.45, 7) is 0. The fraction of sp³-hybridized carbons (Fsp3) is 0. The van der Waals surface area contributed by atoms with Gasteiger partial charge in [-0.3, -0.25) is 0 Å². The maximum atomic E-state index is 10.2. The average molecular weight is 600 g/mol. The Morgan fingerprint density at radius 1 is 0.426 bits per heavy atom. The van der Waals surface area contributed by atoms with Gasteiger partial charge in [0.1, 0.15) is 17.2 Å². The Balaban J connectivity index is 1.20. The number of fused-ring (bicyclic) bond motifs is 9. The number of furan rings is 1. The lowest BCUT2D eigenvalue weighted by molar-refractivity contribution is 0.669. The number of aromatic nitrogens is 2. The molecule has 4 nitrogen and oxygen atoms in total. The van der Waals surface area contributed by atoms with Crippen LogP contribution in [0.5, 0.6) is 0 Å². The standard InChI is InChI=1S/C43H25N3O/c44-26-29-21-20-28(23-40(29)46-38-17-6-1-12-31(38)32-13-2-7-18-39(32)46)27-10-9-11-30(22-27)45-37-16-5-3-14-33(37)35-25-43-36(24-41(35)45)34-15-4-8-19-42(34)47-43/h1-25H. The van der Waals surface area contributed by atoms with Crippen molar-refractivity contribution in [2.75, 3.05) is 0 Å². The first-order chi connectivity index (χ1) is 23.3. The first-order valence-corrected chi connectivity index (χ1v) is 15.7. The summed E-state index contributed by atoms with van der Waals surface area (Å²) in [6, 6.07) is 55.4.